The molecule has 142 valence electrons. The van der Waals surface area contributed by atoms with Gasteiger partial charge in [0.15, 0.2) is 9.84 Å². The average molecular weight is 388 g/mol. The van der Waals surface area contributed by atoms with E-state index in [1.807, 2.05) is 32.0 Å². The summed E-state index contributed by atoms with van der Waals surface area (Å²) >= 11 is 0. The van der Waals surface area contributed by atoms with Crippen molar-refractivity contribution in [1.29, 1.82) is 0 Å². The number of urea groups is 1. The number of amides is 2. The molecule has 2 saturated heterocycles. The SMILES string of the molecule is Cc1ccc(C)c(N2C(=O)N(Cc3ccc(F)cc3)[C@H]3CS(=O)(=O)C[C@@H]32)c1. The van der Waals surface area contributed by atoms with Gasteiger partial charge in [0.2, 0.25) is 0 Å². The van der Waals surface area contributed by atoms with Crippen molar-refractivity contribution >= 4 is 21.6 Å². The fraction of sp³-hybridized carbons (Fsp3) is 0.350. The molecule has 0 saturated carbocycles. The highest BCUT2D eigenvalue weighted by Crippen LogP contribution is 2.37. The summed E-state index contributed by atoms with van der Waals surface area (Å²) in [6.45, 7) is 4.13. The van der Waals surface area contributed by atoms with Crippen LogP contribution in [0.15, 0.2) is 42.5 Å². The van der Waals surface area contributed by atoms with E-state index in [0.717, 1.165) is 22.4 Å². The van der Waals surface area contributed by atoms with Crippen LogP contribution in [0.2, 0.25) is 0 Å². The van der Waals surface area contributed by atoms with Crippen molar-refractivity contribution in [3.05, 3.63) is 65.0 Å². The molecule has 27 heavy (non-hydrogen) atoms. The molecule has 2 atom stereocenters. The van der Waals surface area contributed by atoms with E-state index in [0.29, 0.717) is 0 Å². The number of sulfone groups is 1. The number of rotatable bonds is 3. The van der Waals surface area contributed by atoms with Crippen LogP contribution >= 0.6 is 0 Å². The molecule has 2 aromatic rings. The molecule has 7 heteroatoms. The second-order valence-corrected chi connectivity index (χ2v) is 9.56. The van der Waals surface area contributed by atoms with Crippen molar-refractivity contribution in [3.63, 3.8) is 0 Å². The van der Waals surface area contributed by atoms with E-state index in [4.69, 9.17) is 0 Å². The number of benzene rings is 2. The van der Waals surface area contributed by atoms with Crippen LogP contribution < -0.4 is 4.90 Å². The maximum Gasteiger partial charge on any atom is 0.325 e. The molecule has 0 aromatic heterocycles. The molecule has 2 aliphatic rings. The monoisotopic (exact) mass is 388 g/mol. The topological polar surface area (TPSA) is 57.7 Å². The van der Waals surface area contributed by atoms with Gasteiger partial charge in [-0.3, -0.25) is 4.90 Å². The first-order valence-electron chi connectivity index (χ1n) is 8.87. The summed E-state index contributed by atoms with van der Waals surface area (Å²) in [4.78, 5) is 16.5. The second-order valence-electron chi connectivity index (χ2n) is 7.41. The Balaban J connectivity index is 1.73. The van der Waals surface area contributed by atoms with Crippen LogP contribution in [-0.2, 0) is 16.4 Å². The molecule has 2 fully saturated rings. The molecule has 4 rings (SSSR count). The minimum Gasteiger partial charge on any atom is -0.314 e. The Labute approximate surface area is 158 Å². The molecule has 0 aliphatic carbocycles. The molecule has 0 spiro atoms. The van der Waals surface area contributed by atoms with E-state index in [2.05, 4.69) is 0 Å². The number of hydrogen-bond donors (Lipinski definition) is 0. The fourth-order valence-corrected chi connectivity index (χ4v) is 5.96. The van der Waals surface area contributed by atoms with Crippen LogP contribution in [0.3, 0.4) is 0 Å². The predicted molar refractivity (Wildman–Crippen MR) is 102 cm³/mol. The Hall–Kier alpha value is -2.41. The molecule has 0 radical (unpaired) electrons. The summed E-state index contributed by atoms with van der Waals surface area (Å²) in [7, 11) is -3.22. The van der Waals surface area contributed by atoms with Crippen molar-refractivity contribution < 1.29 is 17.6 Å². The number of carbonyl (C=O) groups is 1. The number of aryl methyl sites for hydroxylation is 2. The van der Waals surface area contributed by atoms with Gasteiger partial charge >= 0.3 is 6.03 Å². The number of hydrogen-bond acceptors (Lipinski definition) is 3. The maximum absolute atomic E-state index is 13.2. The highest BCUT2D eigenvalue weighted by molar-refractivity contribution is 7.91. The Bertz CT molecular complexity index is 1000. The maximum atomic E-state index is 13.2. The lowest BCUT2D eigenvalue weighted by Crippen LogP contribution is -2.38. The number of carbonyl (C=O) groups excluding carboxylic acids is 1. The number of fused-ring (bicyclic) bond motifs is 1. The third-order valence-electron chi connectivity index (χ3n) is 5.37. The van der Waals surface area contributed by atoms with Gasteiger partial charge in [0.05, 0.1) is 23.6 Å². The van der Waals surface area contributed by atoms with E-state index in [-0.39, 0.29) is 29.9 Å². The predicted octanol–water partition coefficient (Wildman–Crippen LogP) is 3.05. The molecule has 2 heterocycles. The molecular formula is C20H21FN2O3S. The van der Waals surface area contributed by atoms with Gasteiger partial charge < -0.3 is 4.90 Å². The van der Waals surface area contributed by atoms with E-state index in [9.17, 15) is 17.6 Å². The van der Waals surface area contributed by atoms with Gasteiger partial charge in [-0.2, -0.15) is 0 Å². The summed E-state index contributed by atoms with van der Waals surface area (Å²) in [5.41, 5.74) is 3.47. The molecular weight excluding hydrogens is 367 g/mol. The van der Waals surface area contributed by atoms with E-state index in [1.54, 1.807) is 21.9 Å². The third kappa shape index (κ3) is 3.20. The highest BCUT2D eigenvalue weighted by Gasteiger charge is 2.54. The normalized spacial score (nSPS) is 23.7. The molecule has 0 N–H and O–H groups in total. The highest BCUT2D eigenvalue weighted by atomic mass is 32.2. The summed E-state index contributed by atoms with van der Waals surface area (Å²) in [6, 6.07) is 10.8. The summed E-state index contributed by atoms with van der Waals surface area (Å²) in [5.74, 6) is -0.410. The van der Waals surface area contributed by atoms with Crippen LogP contribution in [0.5, 0.6) is 0 Å². The van der Waals surface area contributed by atoms with Crippen molar-refractivity contribution in [2.75, 3.05) is 16.4 Å². The quantitative estimate of drug-likeness (QED) is 0.760. The van der Waals surface area contributed by atoms with Gasteiger partial charge in [-0.1, -0.05) is 24.3 Å². The summed E-state index contributed by atoms with van der Waals surface area (Å²) in [5, 5.41) is 0. The Morgan fingerprint density at radius 2 is 1.70 bits per heavy atom. The second kappa shape index (κ2) is 6.34. The van der Waals surface area contributed by atoms with Crippen molar-refractivity contribution in [2.45, 2.75) is 32.5 Å². The molecule has 5 nitrogen and oxygen atoms in total. The van der Waals surface area contributed by atoms with E-state index in [1.165, 1.54) is 12.1 Å². The zero-order valence-electron chi connectivity index (χ0n) is 15.2. The van der Waals surface area contributed by atoms with Gasteiger partial charge in [-0.05, 0) is 48.7 Å². The minimum atomic E-state index is -3.22. The van der Waals surface area contributed by atoms with Crippen molar-refractivity contribution in [3.8, 4) is 0 Å². The van der Waals surface area contributed by atoms with Crippen LogP contribution in [0.4, 0.5) is 14.9 Å². The molecule has 0 bridgehead atoms. The number of nitrogens with zero attached hydrogens (tertiary/aromatic N) is 2. The largest absolute Gasteiger partial charge is 0.325 e. The Morgan fingerprint density at radius 1 is 1.04 bits per heavy atom. The lowest BCUT2D eigenvalue weighted by atomic mass is 10.1. The van der Waals surface area contributed by atoms with Gasteiger partial charge in [-0.25, -0.2) is 17.6 Å². The molecule has 2 aromatic carbocycles. The van der Waals surface area contributed by atoms with Crippen LogP contribution in [0, 0.1) is 19.7 Å². The standard InChI is InChI=1S/C20H21FN2O3S/c1-13-3-4-14(2)17(9-13)23-19-12-27(25,26)11-18(19)22(20(23)24)10-15-5-7-16(21)8-6-15/h3-9,18-19H,10-12H2,1-2H3/t18-,19-/m0/s1. The Morgan fingerprint density at radius 3 is 2.41 bits per heavy atom. The zero-order valence-corrected chi connectivity index (χ0v) is 16.0. The van der Waals surface area contributed by atoms with Crippen molar-refractivity contribution in [1.82, 2.24) is 4.90 Å². The lowest BCUT2D eigenvalue weighted by Gasteiger charge is -2.24. The Kier molecular flexibility index (Phi) is 4.22. The first-order valence-corrected chi connectivity index (χ1v) is 10.7. The lowest BCUT2D eigenvalue weighted by molar-refractivity contribution is 0.206. The van der Waals surface area contributed by atoms with Crippen molar-refractivity contribution in [2.24, 2.45) is 0 Å². The zero-order chi connectivity index (χ0) is 19.3. The molecule has 2 aliphatic heterocycles. The first-order chi connectivity index (χ1) is 12.7. The van der Waals surface area contributed by atoms with E-state index < -0.39 is 21.9 Å². The number of halogens is 1. The minimum absolute atomic E-state index is 0.0310. The number of anilines is 1. The van der Waals surface area contributed by atoms with E-state index >= 15 is 0 Å². The fourth-order valence-electron chi connectivity index (χ4n) is 4.01. The molecule has 0 unspecified atom stereocenters. The van der Waals surface area contributed by atoms with Gasteiger partial charge in [0.25, 0.3) is 0 Å². The summed E-state index contributed by atoms with van der Waals surface area (Å²) in [6.07, 6.45) is 0. The van der Waals surface area contributed by atoms with Gasteiger partial charge in [-0.15, -0.1) is 0 Å². The van der Waals surface area contributed by atoms with Crippen LogP contribution in [0.1, 0.15) is 16.7 Å². The summed E-state index contributed by atoms with van der Waals surface area (Å²) < 4.78 is 37.8. The van der Waals surface area contributed by atoms with Crippen LogP contribution in [0.25, 0.3) is 0 Å². The third-order valence-corrected chi connectivity index (χ3v) is 7.07. The van der Waals surface area contributed by atoms with Gasteiger partial charge in [0.1, 0.15) is 5.82 Å². The average Bonchev–Trinajstić information content (AvgIpc) is 3.03. The molecule has 2 amide bonds. The first kappa shape index (κ1) is 18.0. The van der Waals surface area contributed by atoms with Crippen LogP contribution in [-0.4, -0.2) is 42.9 Å². The van der Waals surface area contributed by atoms with Gasteiger partial charge in [0, 0.05) is 12.2 Å². The smallest absolute Gasteiger partial charge is 0.314 e.